The Bertz CT molecular complexity index is 899. The van der Waals surface area contributed by atoms with Gasteiger partial charge in [0, 0.05) is 17.5 Å². The van der Waals surface area contributed by atoms with E-state index in [2.05, 4.69) is 10.4 Å². The van der Waals surface area contributed by atoms with Gasteiger partial charge in [-0.3, -0.25) is 4.79 Å². The first-order valence-electron chi connectivity index (χ1n) is 9.32. The molecule has 0 radical (unpaired) electrons. The Morgan fingerprint density at radius 2 is 1.93 bits per heavy atom. The SMILES string of the molecule is CC(C)(CO)NC(=O)c1nn(-c2ccc(F)cc2F)c2c1C1CCC2CC1. The van der Waals surface area contributed by atoms with E-state index in [-0.39, 0.29) is 35.7 Å². The van der Waals surface area contributed by atoms with E-state index >= 15 is 0 Å². The highest BCUT2D eigenvalue weighted by molar-refractivity contribution is 5.95. The summed E-state index contributed by atoms with van der Waals surface area (Å²) in [6, 6.07) is 3.39. The largest absolute Gasteiger partial charge is 0.394 e. The van der Waals surface area contributed by atoms with Gasteiger partial charge in [0.2, 0.25) is 0 Å². The molecule has 1 heterocycles. The number of carbonyl (C=O) groups is 1. The number of hydrogen-bond donors (Lipinski definition) is 2. The van der Waals surface area contributed by atoms with E-state index in [4.69, 9.17) is 0 Å². The summed E-state index contributed by atoms with van der Waals surface area (Å²) < 4.78 is 29.3. The zero-order valence-corrected chi connectivity index (χ0v) is 15.4. The molecule has 144 valence electrons. The van der Waals surface area contributed by atoms with Gasteiger partial charge in [0.1, 0.15) is 11.5 Å². The molecule has 1 aromatic carbocycles. The minimum Gasteiger partial charge on any atom is -0.394 e. The van der Waals surface area contributed by atoms with Crippen LogP contribution >= 0.6 is 0 Å². The van der Waals surface area contributed by atoms with Crippen LogP contribution in [0.15, 0.2) is 18.2 Å². The zero-order chi connectivity index (χ0) is 19.3. The molecule has 27 heavy (non-hydrogen) atoms. The van der Waals surface area contributed by atoms with Crippen molar-refractivity contribution >= 4 is 5.91 Å². The first-order chi connectivity index (χ1) is 12.8. The highest BCUT2D eigenvalue weighted by Gasteiger charge is 2.41. The third kappa shape index (κ3) is 3.04. The van der Waals surface area contributed by atoms with Crippen molar-refractivity contribution in [1.29, 1.82) is 0 Å². The summed E-state index contributed by atoms with van der Waals surface area (Å²) in [5.41, 5.74) is 1.40. The molecule has 1 amide bonds. The first kappa shape index (κ1) is 18.1. The fourth-order valence-electron chi connectivity index (χ4n) is 4.30. The van der Waals surface area contributed by atoms with Crippen LogP contribution < -0.4 is 5.32 Å². The maximum atomic E-state index is 14.5. The number of benzene rings is 1. The number of nitrogens with one attached hydrogen (secondary N) is 1. The lowest BCUT2D eigenvalue weighted by Crippen LogP contribution is -2.46. The molecule has 3 aliphatic carbocycles. The fraction of sp³-hybridized carbons (Fsp3) is 0.500. The van der Waals surface area contributed by atoms with Crippen LogP contribution in [0.1, 0.15) is 73.1 Å². The summed E-state index contributed by atoms with van der Waals surface area (Å²) in [5.74, 6) is -1.29. The fourth-order valence-corrected chi connectivity index (χ4v) is 4.30. The Labute approximate surface area is 156 Å². The molecular formula is C20H23F2N3O2. The highest BCUT2D eigenvalue weighted by Crippen LogP contribution is 2.51. The molecule has 1 saturated carbocycles. The number of fused-ring (bicyclic) bond motifs is 2. The van der Waals surface area contributed by atoms with E-state index in [1.54, 1.807) is 13.8 Å². The number of amides is 1. The van der Waals surface area contributed by atoms with Crippen LogP contribution in [0.3, 0.4) is 0 Å². The van der Waals surface area contributed by atoms with Gasteiger partial charge in [-0.2, -0.15) is 5.10 Å². The quantitative estimate of drug-likeness (QED) is 0.861. The summed E-state index contributed by atoms with van der Waals surface area (Å²) in [5, 5.41) is 16.7. The molecule has 2 bridgehead atoms. The van der Waals surface area contributed by atoms with Gasteiger partial charge < -0.3 is 10.4 Å². The first-order valence-corrected chi connectivity index (χ1v) is 9.32. The van der Waals surface area contributed by atoms with Crippen molar-refractivity contribution in [2.75, 3.05) is 6.61 Å². The van der Waals surface area contributed by atoms with Crippen molar-refractivity contribution in [1.82, 2.24) is 15.1 Å². The van der Waals surface area contributed by atoms with Gasteiger partial charge in [-0.05, 0) is 57.6 Å². The smallest absolute Gasteiger partial charge is 0.272 e. The minimum atomic E-state index is -0.789. The lowest BCUT2D eigenvalue weighted by Gasteiger charge is -2.36. The zero-order valence-electron chi connectivity index (χ0n) is 15.4. The molecule has 1 aromatic heterocycles. The summed E-state index contributed by atoms with van der Waals surface area (Å²) in [4.78, 5) is 12.9. The van der Waals surface area contributed by atoms with Gasteiger partial charge in [-0.1, -0.05) is 0 Å². The Balaban J connectivity index is 1.85. The molecule has 0 atom stereocenters. The van der Waals surface area contributed by atoms with Crippen molar-refractivity contribution in [3.05, 3.63) is 46.8 Å². The third-order valence-electron chi connectivity index (χ3n) is 5.68. The highest BCUT2D eigenvalue weighted by atomic mass is 19.1. The van der Waals surface area contributed by atoms with E-state index in [9.17, 15) is 18.7 Å². The van der Waals surface area contributed by atoms with E-state index in [0.29, 0.717) is 0 Å². The number of aromatic nitrogens is 2. The van der Waals surface area contributed by atoms with Crippen LogP contribution in [0.25, 0.3) is 5.69 Å². The molecule has 5 rings (SSSR count). The van der Waals surface area contributed by atoms with E-state index in [1.807, 2.05) is 0 Å². The van der Waals surface area contributed by atoms with Crippen LogP contribution in [-0.4, -0.2) is 32.9 Å². The number of hydrogen-bond acceptors (Lipinski definition) is 3. The molecule has 7 heteroatoms. The topological polar surface area (TPSA) is 67.2 Å². The second-order valence-corrected chi connectivity index (χ2v) is 8.20. The van der Waals surface area contributed by atoms with Crippen LogP contribution in [0, 0.1) is 11.6 Å². The Morgan fingerprint density at radius 3 is 2.56 bits per heavy atom. The Hall–Kier alpha value is -2.28. The van der Waals surface area contributed by atoms with Gasteiger partial charge in [-0.25, -0.2) is 13.5 Å². The molecule has 2 N–H and O–H groups in total. The number of aliphatic hydroxyl groups excluding tert-OH is 1. The molecule has 1 fully saturated rings. The molecular weight excluding hydrogens is 352 g/mol. The third-order valence-corrected chi connectivity index (χ3v) is 5.68. The monoisotopic (exact) mass is 375 g/mol. The van der Waals surface area contributed by atoms with Crippen molar-refractivity contribution in [2.24, 2.45) is 0 Å². The summed E-state index contributed by atoms with van der Waals surface area (Å²) in [6.45, 7) is 3.24. The second kappa shape index (κ2) is 6.41. The van der Waals surface area contributed by atoms with Gasteiger partial charge >= 0.3 is 0 Å². The van der Waals surface area contributed by atoms with Crippen molar-refractivity contribution in [3.63, 3.8) is 0 Å². The van der Waals surface area contributed by atoms with Crippen LogP contribution in [0.4, 0.5) is 8.78 Å². The van der Waals surface area contributed by atoms with Crippen molar-refractivity contribution in [3.8, 4) is 5.69 Å². The van der Waals surface area contributed by atoms with Crippen LogP contribution in [0.5, 0.6) is 0 Å². The average Bonchev–Trinajstić information content (AvgIpc) is 3.05. The van der Waals surface area contributed by atoms with Crippen LogP contribution in [0.2, 0.25) is 0 Å². The number of nitrogens with zero attached hydrogens (tertiary/aromatic N) is 2. The molecule has 2 aromatic rings. The van der Waals surface area contributed by atoms with Gasteiger partial charge in [-0.15, -0.1) is 0 Å². The van der Waals surface area contributed by atoms with E-state index in [1.165, 1.54) is 16.8 Å². The van der Waals surface area contributed by atoms with Crippen LogP contribution in [-0.2, 0) is 0 Å². The van der Waals surface area contributed by atoms with E-state index in [0.717, 1.165) is 43.0 Å². The number of halogens is 2. The number of aliphatic hydroxyl groups is 1. The summed E-state index contributed by atoms with van der Waals surface area (Å²) >= 11 is 0. The standard InChI is InChI=1S/C20H23F2N3O2/c1-20(2,10-26)23-19(27)17-16-11-3-5-12(6-4-11)18(16)25(24-17)15-8-7-13(21)9-14(15)22/h7-9,11-12,26H,3-6,10H2,1-2H3,(H,23,27). The van der Waals surface area contributed by atoms with Gasteiger partial charge in [0.05, 0.1) is 17.8 Å². The van der Waals surface area contributed by atoms with Crippen molar-refractivity contribution < 1.29 is 18.7 Å². The maximum absolute atomic E-state index is 14.5. The molecule has 0 aliphatic heterocycles. The number of carbonyl (C=O) groups excluding carboxylic acids is 1. The molecule has 5 nitrogen and oxygen atoms in total. The molecule has 0 saturated heterocycles. The normalized spacial score (nSPS) is 21.2. The maximum Gasteiger partial charge on any atom is 0.272 e. The summed E-state index contributed by atoms with van der Waals surface area (Å²) in [7, 11) is 0. The molecule has 0 spiro atoms. The lowest BCUT2D eigenvalue weighted by atomic mass is 9.69. The molecule has 0 unspecified atom stereocenters. The lowest BCUT2D eigenvalue weighted by molar-refractivity contribution is 0.0861. The van der Waals surface area contributed by atoms with Gasteiger partial charge in [0.15, 0.2) is 11.5 Å². The Morgan fingerprint density at radius 1 is 1.26 bits per heavy atom. The summed E-state index contributed by atoms with van der Waals surface area (Å²) in [6.07, 6.45) is 3.93. The Kier molecular flexibility index (Phi) is 4.29. The number of rotatable bonds is 4. The molecule has 3 aliphatic rings. The second-order valence-electron chi connectivity index (χ2n) is 8.20. The van der Waals surface area contributed by atoms with Gasteiger partial charge in [0.25, 0.3) is 5.91 Å². The predicted molar refractivity (Wildman–Crippen MR) is 96.1 cm³/mol. The minimum absolute atomic E-state index is 0.153. The average molecular weight is 375 g/mol. The van der Waals surface area contributed by atoms with E-state index < -0.39 is 17.2 Å². The van der Waals surface area contributed by atoms with Crippen molar-refractivity contribution in [2.45, 2.75) is 56.9 Å². The predicted octanol–water partition coefficient (Wildman–Crippen LogP) is 3.41.